The third-order valence-corrected chi connectivity index (χ3v) is 5.62. The van der Waals surface area contributed by atoms with Crippen LogP contribution in [0.1, 0.15) is 33.6 Å². The molecule has 178 valence electrons. The van der Waals surface area contributed by atoms with Crippen molar-refractivity contribution in [3.05, 3.63) is 12.7 Å². The van der Waals surface area contributed by atoms with Gasteiger partial charge in [-0.25, -0.2) is 24.5 Å². The standard InChI is InChI=1S/C20H32N6O5S/c1-20(2,3)31-19(28)25-14(18(27)30-5)7-9-32-10-13(29-4)6-8-26-12-24-15-16(21)22-11-23-17(15)26/h11-14H,6-10H2,1-5H3,(H,25,28)(H2,21,22,23). The van der Waals surface area contributed by atoms with Crippen LogP contribution < -0.4 is 11.1 Å². The maximum atomic E-state index is 12.0. The molecule has 3 N–H and O–H groups in total. The van der Waals surface area contributed by atoms with Crippen molar-refractivity contribution in [2.45, 2.75) is 57.9 Å². The summed E-state index contributed by atoms with van der Waals surface area (Å²) >= 11 is 1.63. The highest BCUT2D eigenvalue weighted by Crippen LogP contribution is 2.17. The summed E-state index contributed by atoms with van der Waals surface area (Å²) in [6, 6.07) is -0.772. The van der Waals surface area contributed by atoms with Crippen molar-refractivity contribution in [2.75, 3.05) is 31.5 Å². The summed E-state index contributed by atoms with van der Waals surface area (Å²) < 4.78 is 17.5. The minimum absolute atomic E-state index is 0.00738. The zero-order valence-electron chi connectivity index (χ0n) is 19.2. The molecule has 2 heterocycles. The number of nitrogens with one attached hydrogen (secondary N) is 1. The number of anilines is 1. The normalized spacial score (nSPS) is 13.5. The van der Waals surface area contributed by atoms with Gasteiger partial charge in [0.1, 0.15) is 23.5 Å². The molecule has 0 bridgehead atoms. The Morgan fingerprint density at radius 1 is 1.22 bits per heavy atom. The molecule has 2 aromatic rings. The van der Waals surface area contributed by atoms with Crippen LogP contribution in [0.25, 0.3) is 11.2 Å². The van der Waals surface area contributed by atoms with Crippen molar-refractivity contribution < 1.29 is 23.8 Å². The van der Waals surface area contributed by atoms with Crippen LogP contribution >= 0.6 is 11.8 Å². The average Bonchev–Trinajstić information content (AvgIpc) is 3.15. The van der Waals surface area contributed by atoms with Gasteiger partial charge >= 0.3 is 12.1 Å². The van der Waals surface area contributed by atoms with Crippen LogP contribution in [0.3, 0.4) is 0 Å². The van der Waals surface area contributed by atoms with Gasteiger partial charge in [0.25, 0.3) is 0 Å². The summed E-state index contributed by atoms with van der Waals surface area (Å²) in [6.07, 6.45) is 3.61. The Morgan fingerprint density at radius 2 is 1.97 bits per heavy atom. The Labute approximate surface area is 191 Å². The van der Waals surface area contributed by atoms with E-state index < -0.39 is 23.7 Å². The van der Waals surface area contributed by atoms with Gasteiger partial charge in [-0.3, -0.25) is 0 Å². The molecule has 0 aliphatic rings. The number of rotatable bonds is 11. The molecule has 0 saturated heterocycles. The topological polar surface area (TPSA) is 143 Å². The van der Waals surface area contributed by atoms with Gasteiger partial charge in [-0.1, -0.05) is 0 Å². The van der Waals surface area contributed by atoms with Gasteiger partial charge in [0, 0.05) is 19.4 Å². The first-order chi connectivity index (χ1) is 15.1. The van der Waals surface area contributed by atoms with Crippen molar-refractivity contribution in [3.63, 3.8) is 0 Å². The van der Waals surface area contributed by atoms with E-state index in [1.807, 2.05) is 4.57 Å². The van der Waals surface area contributed by atoms with E-state index in [1.165, 1.54) is 13.4 Å². The number of hydrogen-bond acceptors (Lipinski definition) is 10. The highest BCUT2D eigenvalue weighted by atomic mass is 32.2. The highest BCUT2D eigenvalue weighted by Gasteiger charge is 2.25. The van der Waals surface area contributed by atoms with Crippen molar-refractivity contribution >= 4 is 40.8 Å². The zero-order chi connectivity index (χ0) is 23.7. The van der Waals surface area contributed by atoms with Crippen LogP contribution in [0.4, 0.5) is 10.6 Å². The Hall–Kier alpha value is -2.60. The van der Waals surface area contributed by atoms with Gasteiger partial charge in [-0.05, 0) is 39.4 Å². The summed E-state index contributed by atoms with van der Waals surface area (Å²) in [5, 5.41) is 2.58. The van der Waals surface area contributed by atoms with Gasteiger partial charge in [0.2, 0.25) is 0 Å². The summed E-state index contributed by atoms with van der Waals surface area (Å²) in [7, 11) is 2.96. The number of aromatic nitrogens is 4. The molecular weight excluding hydrogens is 436 g/mol. The lowest BCUT2D eigenvalue weighted by atomic mass is 10.2. The molecule has 0 aromatic carbocycles. The molecule has 1 amide bonds. The van der Waals surface area contributed by atoms with E-state index in [9.17, 15) is 9.59 Å². The second-order valence-corrected chi connectivity index (χ2v) is 9.25. The summed E-state index contributed by atoms with van der Waals surface area (Å²) in [5.41, 5.74) is 6.45. The molecule has 0 saturated carbocycles. The molecule has 2 atom stereocenters. The minimum atomic E-state index is -0.772. The zero-order valence-corrected chi connectivity index (χ0v) is 20.0. The largest absolute Gasteiger partial charge is 0.467 e. The van der Waals surface area contributed by atoms with E-state index in [2.05, 4.69) is 20.3 Å². The Kier molecular flexibility index (Phi) is 9.51. The second kappa shape index (κ2) is 11.9. The second-order valence-electron chi connectivity index (χ2n) is 8.10. The molecule has 0 fully saturated rings. The number of thioether (sulfide) groups is 1. The minimum Gasteiger partial charge on any atom is -0.467 e. The summed E-state index contributed by atoms with van der Waals surface area (Å²) in [4.78, 5) is 36.5. The molecular formula is C20H32N6O5S. The number of methoxy groups -OCH3 is 2. The maximum absolute atomic E-state index is 12.0. The number of alkyl carbamates (subject to hydrolysis) is 1. The number of nitrogens with two attached hydrogens (primary N) is 1. The molecule has 2 unspecified atom stereocenters. The first-order valence-corrected chi connectivity index (χ1v) is 11.4. The third-order valence-electron chi connectivity index (χ3n) is 4.49. The SMILES string of the molecule is COC(=O)C(CCSCC(CCn1cnc2c(N)ncnc21)OC)NC(=O)OC(C)(C)C. The number of aryl methyl sites for hydroxylation is 1. The van der Waals surface area contributed by atoms with Gasteiger partial charge in [0.05, 0.1) is 19.5 Å². The number of hydrogen-bond donors (Lipinski definition) is 2. The molecule has 11 nitrogen and oxygen atoms in total. The number of imidazole rings is 1. The Balaban J connectivity index is 1.80. The first kappa shape index (κ1) is 25.7. The van der Waals surface area contributed by atoms with Gasteiger partial charge in [-0.2, -0.15) is 11.8 Å². The smallest absolute Gasteiger partial charge is 0.408 e. The van der Waals surface area contributed by atoms with E-state index in [1.54, 1.807) is 46.0 Å². The van der Waals surface area contributed by atoms with Gasteiger partial charge < -0.3 is 29.8 Å². The number of amides is 1. The van der Waals surface area contributed by atoms with Crippen LogP contribution in [0, 0.1) is 0 Å². The van der Waals surface area contributed by atoms with Gasteiger partial charge in [-0.15, -0.1) is 0 Å². The predicted octanol–water partition coefficient (Wildman–Crippen LogP) is 2.00. The number of nitrogen functional groups attached to an aromatic ring is 1. The Morgan fingerprint density at radius 3 is 2.62 bits per heavy atom. The van der Waals surface area contributed by atoms with E-state index in [4.69, 9.17) is 19.9 Å². The highest BCUT2D eigenvalue weighted by molar-refractivity contribution is 7.99. The molecule has 32 heavy (non-hydrogen) atoms. The summed E-state index contributed by atoms with van der Waals surface area (Å²) in [6.45, 7) is 5.94. The number of nitrogens with zero attached hydrogens (tertiary/aromatic N) is 4. The average molecular weight is 469 g/mol. The van der Waals surface area contributed by atoms with Crippen molar-refractivity contribution in [1.29, 1.82) is 0 Å². The molecule has 2 rings (SSSR count). The molecule has 0 spiro atoms. The maximum Gasteiger partial charge on any atom is 0.408 e. The molecule has 0 aliphatic carbocycles. The number of carbonyl (C=O) groups excluding carboxylic acids is 2. The molecule has 0 aliphatic heterocycles. The molecule has 2 aromatic heterocycles. The predicted molar refractivity (Wildman–Crippen MR) is 122 cm³/mol. The van der Waals surface area contributed by atoms with Crippen LogP contribution in [-0.2, 0) is 25.5 Å². The molecule has 12 heteroatoms. The quantitative estimate of drug-likeness (QED) is 0.371. The van der Waals surface area contributed by atoms with Crippen LogP contribution in [0.5, 0.6) is 0 Å². The van der Waals surface area contributed by atoms with E-state index >= 15 is 0 Å². The van der Waals surface area contributed by atoms with E-state index in [0.717, 1.165) is 12.2 Å². The van der Waals surface area contributed by atoms with E-state index in [-0.39, 0.29) is 6.10 Å². The van der Waals surface area contributed by atoms with Crippen molar-refractivity contribution in [2.24, 2.45) is 0 Å². The molecule has 0 radical (unpaired) electrons. The fourth-order valence-electron chi connectivity index (χ4n) is 2.87. The third kappa shape index (κ3) is 7.83. The van der Waals surface area contributed by atoms with Crippen molar-refractivity contribution in [1.82, 2.24) is 24.8 Å². The van der Waals surface area contributed by atoms with Crippen LogP contribution in [0.2, 0.25) is 0 Å². The number of carbonyl (C=O) groups is 2. The lowest BCUT2D eigenvalue weighted by Gasteiger charge is -2.22. The van der Waals surface area contributed by atoms with Crippen LogP contribution in [0.15, 0.2) is 12.7 Å². The number of esters is 1. The van der Waals surface area contributed by atoms with Crippen molar-refractivity contribution in [3.8, 4) is 0 Å². The Bertz CT molecular complexity index is 900. The number of ether oxygens (including phenoxy) is 3. The lowest BCUT2D eigenvalue weighted by Crippen LogP contribution is -2.44. The van der Waals surface area contributed by atoms with Gasteiger partial charge in [0.15, 0.2) is 11.5 Å². The van der Waals surface area contributed by atoms with E-state index in [0.29, 0.717) is 35.7 Å². The van der Waals surface area contributed by atoms with Crippen LogP contribution in [-0.4, -0.2) is 75.1 Å². The first-order valence-electron chi connectivity index (χ1n) is 10.2. The number of fused-ring (bicyclic) bond motifs is 1. The lowest BCUT2D eigenvalue weighted by molar-refractivity contribution is -0.143. The summed E-state index contributed by atoms with van der Waals surface area (Å²) in [5.74, 6) is 1.20. The fourth-order valence-corrected chi connectivity index (χ4v) is 4.01. The monoisotopic (exact) mass is 468 g/mol. The fraction of sp³-hybridized carbons (Fsp3) is 0.650.